The van der Waals surface area contributed by atoms with E-state index in [2.05, 4.69) is 55.4 Å². The minimum Gasteiger partial charge on any atom is -0.462 e. The molecule has 19 heteroatoms. The molecule has 0 aromatic heterocycles. The summed E-state index contributed by atoms with van der Waals surface area (Å²) in [6, 6.07) is 0. The normalized spacial score (nSPS) is 14.7. The Morgan fingerprint density at radius 1 is 0.326 bits per heavy atom. The van der Waals surface area contributed by atoms with Crippen LogP contribution in [-0.4, -0.2) is 96.7 Å². The van der Waals surface area contributed by atoms with Crippen molar-refractivity contribution in [3.05, 3.63) is 0 Å². The van der Waals surface area contributed by atoms with Crippen molar-refractivity contribution in [3.63, 3.8) is 0 Å². The summed E-state index contributed by atoms with van der Waals surface area (Å²) in [5.41, 5.74) is 0. The van der Waals surface area contributed by atoms with E-state index >= 15 is 0 Å². The van der Waals surface area contributed by atoms with E-state index in [-0.39, 0.29) is 25.7 Å². The number of ether oxygens (including phenoxy) is 4. The van der Waals surface area contributed by atoms with Crippen molar-refractivity contribution in [1.29, 1.82) is 0 Å². The van der Waals surface area contributed by atoms with Crippen LogP contribution in [0.3, 0.4) is 0 Å². The molecule has 3 unspecified atom stereocenters. The smallest absolute Gasteiger partial charge is 0.462 e. The molecule has 0 bridgehead atoms. The Hall–Kier alpha value is -1.94. The van der Waals surface area contributed by atoms with Crippen LogP contribution >= 0.6 is 15.6 Å². The fraction of sp³-hybridized carbons (Fsp3) is 0.940. The molecular formula is C67H130O17P2. The minimum atomic E-state index is -4.95. The molecule has 0 aliphatic carbocycles. The first-order valence-electron chi connectivity index (χ1n) is 34.7. The van der Waals surface area contributed by atoms with Gasteiger partial charge in [-0.1, -0.05) is 274 Å². The van der Waals surface area contributed by atoms with Crippen LogP contribution in [-0.2, 0) is 65.4 Å². The van der Waals surface area contributed by atoms with Gasteiger partial charge in [0.05, 0.1) is 26.4 Å². The minimum absolute atomic E-state index is 0.101. The molecule has 0 aliphatic heterocycles. The van der Waals surface area contributed by atoms with E-state index in [1.54, 1.807) is 0 Å². The lowest BCUT2D eigenvalue weighted by atomic mass is 9.99. The highest BCUT2D eigenvalue weighted by Gasteiger charge is 2.30. The van der Waals surface area contributed by atoms with Crippen LogP contribution in [0.4, 0.5) is 0 Å². The molecular weight excluding hydrogens is 1140 g/mol. The van der Waals surface area contributed by atoms with E-state index in [1.807, 2.05) is 0 Å². The maximum absolute atomic E-state index is 13.0. The Morgan fingerprint density at radius 2 is 0.558 bits per heavy atom. The number of carbonyl (C=O) groups excluding carboxylic acids is 4. The number of hydrogen-bond donors (Lipinski definition) is 3. The van der Waals surface area contributed by atoms with Crippen LogP contribution in [0.2, 0.25) is 0 Å². The third kappa shape index (κ3) is 59.7. The van der Waals surface area contributed by atoms with Gasteiger partial charge in [-0.15, -0.1) is 0 Å². The molecule has 6 atom stereocenters. The van der Waals surface area contributed by atoms with Crippen molar-refractivity contribution in [2.24, 2.45) is 23.7 Å². The number of phosphoric acid groups is 2. The molecule has 0 saturated heterocycles. The highest BCUT2D eigenvalue weighted by molar-refractivity contribution is 7.47. The van der Waals surface area contributed by atoms with E-state index in [1.165, 1.54) is 122 Å². The van der Waals surface area contributed by atoms with Gasteiger partial charge in [0.2, 0.25) is 0 Å². The van der Waals surface area contributed by atoms with Gasteiger partial charge in [0.15, 0.2) is 12.2 Å². The highest BCUT2D eigenvalue weighted by atomic mass is 31.2. The molecule has 3 N–H and O–H groups in total. The lowest BCUT2D eigenvalue weighted by molar-refractivity contribution is -0.161. The van der Waals surface area contributed by atoms with Gasteiger partial charge < -0.3 is 33.8 Å². The summed E-state index contributed by atoms with van der Waals surface area (Å²) >= 11 is 0. The monoisotopic (exact) mass is 1270 g/mol. The number of aliphatic hydroxyl groups is 1. The summed E-state index contributed by atoms with van der Waals surface area (Å²) < 4.78 is 68.1. The summed E-state index contributed by atoms with van der Waals surface area (Å²) in [4.78, 5) is 72.3. The summed E-state index contributed by atoms with van der Waals surface area (Å²) in [5, 5.41) is 10.6. The molecule has 0 saturated carbocycles. The van der Waals surface area contributed by atoms with Crippen molar-refractivity contribution in [2.45, 2.75) is 343 Å². The standard InChI is InChI=1S/C67H130O17P2/c1-9-60(8)46-38-30-20-16-13-14-17-21-31-39-47-64(69)77-53-63(84-67(72)50-42-34-26-24-29-37-45-59(6)7)56-82-86(75,76)80-52-61(68)51-79-85(73,74)81-55-62(54-78-65(70)48-40-32-25-23-28-36-44-58(4)5)83-66(71)49-41-33-22-18-12-10-11-15-19-27-35-43-57(2)3/h57-63,68H,9-56H2,1-8H3,(H,73,74)(H,75,76)/t60?,61-,62+,63+/m0/s1. The molecule has 0 spiro atoms. The summed E-state index contributed by atoms with van der Waals surface area (Å²) in [7, 11) is -9.89. The lowest BCUT2D eigenvalue weighted by Gasteiger charge is -2.21. The SMILES string of the molecule is CCC(C)CCCCCCCCCCCCC(=O)OC[C@H](COP(=O)(O)OC[C@@H](O)COP(=O)(O)OC[C@@H](COC(=O)CCCCCCCCC(C)C)OC(=O)CCCCCCCCCCCCCC(C)C)OC(=O)CCCCCCCCC(C)C. The molecule has 0 fully saturated rings. The van der Waals surface area contributed by atoms with Gasteiger partial charge in [0.25, 0.3) is 0 Å². The first kappa shape index (κ1) is 84.1. The second-order valence-corrected chi connectivity index (χ2v) is 28.8. The number of aliphatic hydroxyl groups excluding tert-OH is 1. The summed E-state index contributed by atoms with van der Waals surface area (Å²) in [6.45, 7) is 14.0. The molecule has 0 heterocycles. The zero-order valence-corrected chi connectivity index (χ0v) is 57.7. The van der Waals surface area contributed by atoms with Gasteiger partial charge >= 0.3 is 39.5 Å². The van der Waals surface area contributed by atoms with Gasteiger partial charge in [0.1, 0.15) is 19.3 Å². The number of phosphoric ester groups is 2. The van der Waals surface area contributed by atoms with Crippen molar-refractivity contribution < 1.29 is 80.2 Å². The number of unbranched alkanes of at least 4 members (excludes halogenated alkanes) is 29. The van der Waals surface area contributed by atoms with Crippen LogP contribution in [0, 0.1) is 23.7 Å². The van der Waals surface area contributed by atoms with Crippen molar-refractivity contribution in [1.82, 2.24) is 0 Å². The third-order valence-electron chi connectivity index (χ3n) is 15.7. The van der Waals surface area contributed by atoms with E-state index in [0.29, 0.717) is 37.5 Å². The van der Waals surface area contributed by atoms with E-state index in [0.717, 1.165) is 108 Å². The predicted molar refractivity (Wildman–Crippen MR) is 344 cm³/mol. The Labute approximate surface area is 524 Å². The van der Waals surface area contributed by atoms with Crippen molar-refractivity contribution in [3.8, 4) is 0 Å². The number of hydrogen-bond acceptors (Lipinski definition) is 15. The molecule has 0 aromatic carbocycles. The zero-order valence-electron chi connectivity index (χ0n) is 55.9. The molecule has 0 radical (unpaired) electrons. The molecule has 0 aromatic rings. The Bertz CT molecular complexity index is 1720. The third-order valence-corrected chi connectivity index (χ3v) is 17.6. The quantitative estimate of drug-likeness (QED) is 0.0222. The fourth-order valence-corrected chi connectivity index (χ4v) is 11.5. The largest absolute Gasteiger partial charge is 0.472 e. The number of esters is 4. The number of rotatable bonds is 64. The topological polar surface area (TPSA) is 237 Å². The van der Waals surface area contributed by atoms with Gasteiger partial charge in [-0.3, -0.25) is 37.3 Å². The molecule has 510 valence electrons. The maximum atomic E-state index is 13.0. The average Bonchev–Trinajstić information content (AvgIpc) is 3.67. The summed E-state index contributed by atoms with van der Waals surface area (Å²) in [5.74, 6) is 0.784. The maximum Gasteiger partial charge on any atom is 0.472 e. The zero-order chi connectivity index (χ0) is 63.9. The first-order chi connectivity index (χ1) is 41.1. The molecule has 0 aliphatic rings. The predicted octanol–water partition coefficient (Wildman–Crippen LogP) is 18.5. The van der Waals surface area contributed by atoms with Gasteiger partial charge in [0, 0.05) is 25.7 Å². The second kappa shape index (κ2) is 57.0. The fourth-order valence-electron chi connectivity index (χ4n) is 9.93. The Morgan fingerprint density at radius 3 is 0.826 bits per heavy atom. The van der Waals surface area contributed by atoms with E-state index < -0.39 is 97.5 Å². The van der Waals surface area contributed by atoms with Gasteiger partial charge in [-0.25, -0.2) is 9.13 Å². The number of carbonyl (C=O) groups is 4. The average molecular weight is 1270 g/mol. The van der Waals surface area contributed by atoms with Crippen molar-refractivity contribution >= 4 is 39.5 Å². The lowest BCUT2D eigenvalue weighted by Crippen LogP contribution is -2.30. The second-order valence-electron chi connectivity index (χ2n) is 25.9. The van der Waals surface area contributed by atoms with Crippen LogP contribution in [0.1, 0.15) is 325 Å². The van der Waals surface area contributed by atoms with Crippen LogP contribution in [0.15, 0.2) is 0 Å². The first-order valence-corrected chi connectivity index (χ1v) is 37.7. The highest BCUT2D eigenvalue weighted by Crippen LogP contribution is 2.45. The van der Waals surface area contributed by atoms with Crippen LogP contribution < -0.4 is 0 Å². The Balaban J connectivity index is 5.22. The van der Waals surface area contributed by atoms with E-state index in [4.69, 9.17) is 37.0 Å². The van der Waals surface area contributed by atoms with Crippen LogP contribution in [0.5, 0.6) is 0 Å². The van der Waals surface area contributed by atoms with Gasteiger partial charge in [-0.05, 0) is 49.4 Å². The van der Waals surface area contributed by atoms with Gasteiger partial charge in [-0.2, -0.15) is 0 Å². The molecule has 17 nitrogen and oxygen atoms in total. The Kier molecular flexibility index (Phi) is 55.7. The molecule has 86 heavy (non-hydrogen) atoms. The molecule has 0 rings (SSSR count). The van der Waals surface area contributed by atoms with Crippen molar-refractivity contribution in [2.75, 3.05) is 39.6 Å². The summed E-state index contributed by atoms with van der Waals surface area (Å²) in [6.07, 6.45) is 37.8. The van der Waals surface area contributed by atoms with E-state index in [9.17, 15) is 43.2 Å². The van der Waals surface area contributed by atoms with Crippen LogP contribution in [0.25, 0.3) is 0 Å². The molecule has 0 amide bonds.